The van der Waals surface area contributed by atoms with Crippen LogP contribution in [0.25, 0.3) is 6.08 Å². The minimum atomic E-state index is -3.28. The average molecular weight is 364 g/mol. The third-order valence-corrected chi connectivity index (χ3v) is 6.52. The highest BCUT2D eigenvalue weighted by atomic mass is 32.2. The Kier molecular flexibility index (Phi) is 4.51. The molecule has 0 radical (unpaired) electrons. The number of amides is 1. The molecule has 1 amide bonds. The second-order valence-corrected chi connectivity index (χ2v) is 8.90. The highest BCUT2D eigenvalue weighted by Crippen LogP contribution is 2.54. The van der Waals surface area contributed by atoms with Crippen molar-refractivity contribution in [2.75, 3.05) is 26.0 Å². The van der Waals surface area contributed by atoms with E-state index in [9.17, 15) is 18.3 Å². The van der Waals surface area contributed by atoms with Gasteiger partial charge in [-0.15, -0.1) is 0 Å². The van der Waals surface area contributed by atoms with E-state index < -0.39 is 15.6 Å². The molecule has 2 aliphatic heterocycles. The quantitative estimate of drug-likeness (QED) is 0.866. The number of aliphatic hydroxyl groups is 1. The lowest BCUT2D eigenvalue weighted by Crippen LogP contribution is -2.85. The summed E-state index contributed by atoms with van der Waals surface area (Å²) in [5.41, 5.74) is 1.55. The van der Waals surface area contributed by atoms with Gasteiger partial charge in [0.05, 0.1) is 24.4 Å². The first-order chi connectivity index (χ1) is 11.7. The topological polar surface area (TPSA) is 77.9 Å². The molecule has 2 fully saturated rings. The number of allylic oxidation sites excluding steroid dienone is 1. The summed E-state index contributed by atoms with van der Waals surface area (Å²) in [6.45, 7) is 3.85. The SMILES string of the molecule is C/C=C/c1ccc([C@@H]2[C@H](CO)N(C(C)=O)C23CN(S(C)(=O)=O)C3)cc1. The Balaban J connectivity index is 1.94. The number of likely N-dealkylation sites (tertiary alicyclic amines) is 1. The van der Waals surface area contributed by atoms with Gasteiger partial charge in [0.25, 0.3) is 0 Å². The molecule has 1 N–H and O–H groups in total. The molecule has 2 heterocycles. The van der Waals surface area contributed by atoms with Gasteiger partial charge in [-0.1, -0.05) is 36.4 Å². The van der Waals surface area contributed by atoms with Crippen molar-refractivity contribution in [1.82, 2.24) is 9.21 Å². The molecule has 1 aromatic rings. The summed E-state index contributed by atoms with van der Waals surface area (Å²) in [7, 11) is -3.28. The number of rotatable bonds is 4. The Morgan fingerprint density at radius 2 is 1.92 bits per heavy atom. The monoisotopic (exact) mass is 364 g/mol. The fraction of sp³-hybridized carbons (Fsp3) is 0.500. The number of carbonyl (C=O) groups excluding carboxylic acids is 1. The number of benzene rings is 1. The van der Waals surface area contributed by atoms with E-state index in [1.54, 1.807) is 4.90 Å². The summed E-state index contributed by atoms with van der Waals surface area (Å²) in [5, 5.41) is 9.82. The normalized spacial score (nSPS) is 25.8. The van der Waals surface area contributed by atoms with Crippen LogP contribution in [0, 0.1) is 0 Å². The Labute approximate surface area is 148 Å². The molecule has 0 aliphatic carbocycles. The zero-order chi connectivity index (χ0) is 18.4. The lowest BCUT2D eigenvalue weighted by molar-refractivity contribution is -0.186. The van der Waals surface area contributed by atoms with Gasteiger partial charge in [-0.25, -0.2) is 8.42 Å². The summed E-state index contributed by atoms with van der Waals surface area (Å²) >= 11 is 0. The highest BCUT2D eigenvalue weighted by molar-refractivity contribution is 7.88. The van der Waals surface area contributed by atoms with Crippen LogP contribution in [0.2, 0.25) is 0 Å². The molecular weight excluding hydrogens is 340 g/mol. The lowest BCUT2D eigenvalue weighted by atomic mass is 9.61. The maximum Gasteiger partial charge on any atom is 0.220 e. The summed E-state index contributed by atoms with van der Waals surface area (Å²) in [6.07, 6.45) is 5.14. The Bertz CT molecular complexity index is 795. The van der Waals surface area contributed by atoms with Gasteiger partial charge in [-0.05, 0) is 18.1 Å². The first kappa shape index (κ1) is 18.1. The zero-order valence-electron chi connectivity index (χ0n) is 14.7. The number of hydrogen-bond acceptors (Lipinski definition) is 4. The smallest absolute Gasteiger partial charge is 0.220 e. The number of carbonyl (C=O) groups is 1. The predicted molar refractivity (Wildman–Crippen MR) is 96.4 cm³/mol. The molecule has 1 spiro atoms. The first-order valence-electron chi connectivity index (χ1n) is 8.33. The van der Waals surface area contributed by atoms with Gasteiger partial charge in [0.2, 0.25) is 15.9 Å². The van der Waals surface area contributed by atoms with Gasteiger partial charge >= 0.3 is 0 Å². The maximum atomic E-state index is 12.1. The van der Waals surface area contributed by atoms with E-state index >= 15 is 0 Å². The fourth-order valence-electron chi connectivity index (χ4n) is 4.33. The van der Waals surface area contributed by atoms with Crippen LogP contribution in [0.1, 0.15) is 30.9 Å². The Morgan fingerprint density at radius 1 is 1.32 bits per heavy atom. The van der Waals surface area contributed by atoms with Gasteiger partial charge in [-0.2, -0.15) is 4.31 Å². The van der Waals surface area contributed by atoms with Crippen LogP contribution < -0.4 is 0 Å². The number of hydrogen-bond donors (Lipinski definition) is 1. The Hall–Kier alpha value is -1.70. The van der Waals surface area contributed by atoms with Gasteiger partial charge in [-0.3, -0.25) is 4.79 Å². The lowest BCUT2D eigenvalue weighted by Gasteiger charge is -2.69. The first-order valence-corrected chi connectivity index (χ1v) is 10.2. The van der Waals surface area contributed by atoms with Crippen molar-refractivity contribution in [3.05, 3.63) is 41.5 Å². The van der Waals surface area contributed by atoms with Gasteiger partial charge in [0.1, 0.15) is 0 Å². The van der Waals surface area contributed by atoms with Crippen molar-refractivity contribution in [2.45, 2.75) is 31.3 Å². The van der Waals surface area contributed by atoms with Crippen molar-refractivity contribution in [3.63, 3.8) is 0 Å². The average Bonchev–Trinajstić information content (AvgIpc) is 2.45. The molecule has 0 unspecified atom stereocenters. The van der Waals surface area contributed by atoms with E-state index in [0.717, 1.165) is 11.1 Å². The van der Waals surface area contributed by atoms with E-state index in [4.69, 9.17) is 0 Å². The molecule has 25 heavy (non-hydrogen) atoms. The van der Waals surface area contributed by atoms with Gasteiger partial charge < -0.3 is 10.0 Å². The predicted octanol–water partition coefficient (Wildman–Crippen LogP) is 1.04. The fourth-order valence-corrected chi connectivity index (χ4v) is 5.24. The number of sulfonamides is 1. The summed E-state index contributed by atoms with van der Waals surface area (Å²) in [5.74, 6) is -0.201. The summed E-state index contributed by atoms with van der Waals surface area (Å²) < 4.78 is 25.0. The largest absolute Gasteiger partial charge is 0.394 e. The van der Waals surface area contributed by atoms with Crippen LogP contribution >= 0.6 is 0 Å². The number of nitrogens with zero attached hydrogens (tertiary/aromatic N) is 2. The second-order valence-electron chi connectivity index (χ2n) is 6.92. The van der Waals surface area contributed by atoms with Crippen LogP contribution in [-0.2, 0) is 14.8 Å². The van der Waals surface area contributed by atoms with E-state index in [1.165, 1.54) is 17.5 Å². The second kappa shape index (κ2) is 6.23. The van der Waals surface area contributed by atoms with Gasteiger partial charge in [0, 0.05) is 25.9 Å². The number of aliphatic hydroxyl groups excluding tert-OH is 1. The van der Waals surface area contributed by atoms with Crippen molar-refractivity contribution in [3.8, 4) is 0 Å². The van der Waals surface area contributed by atoms with Gasteiger partial charge in [0.15, 0.2) is 0 Å². The molecule has 6 nitrogen and oxygen atoms in total. The van der Waals surface area contributed by atoms with Crippen LogP contribution in [-0.4, -0.2) is 66.2 Å². The molecule has 7 heteroatoms. The van der Waals surface area contributed by atoms with Crippen LogP contribution in [0.4, 0.5) is 0 Å². The molecule has 0 aromatic heterocycles. The Morgan fingerprint density at radius 3 is 2.36 bits per heavy atom. The molecule has 2 saturated heterocycles. The molecule has 2 aliphatic rings. The molecule has 3 rings (SSSR count). The van der Waals surface area contributed by atoms with Crippen LogP contribution in [0.5, 0.6) is 0 Å². The van der Waals surface area contributed by atoms with Crippen molar-refractivity contribution in [2.24, 2.45) is 0 Å². The van der Waals surface area contributed by atoms with Crippen molar-refractivity contribution in [1.29, 1.82) is 0 Å². The van der Waals surface area contributed by atoms with Crippen LogP contribution in [0.3, 0.4) is 0 Å². The van der Waals surface area contributed by atoms with Crippen molar-refractivity contribution >= 4 is 22.0 Å². The minimum Gasteiger partial charge on any atom is -0.394 e. The van der Waals surface area contributed by atoms with Crippen molar-refractivity contribution < 1.29 is 18.3 Å². The third-order valence-electron chi connectivity index (χ3n) is 5.33. The van der Waals surface area contributed by atoms with E-state index in [1.807, 2.05) is 43.3 Å². The standard InChI is InChI=1S/C18H24N2O4S/c1-4-5-14-6-8-15(9-7-14)17-16(10-21)20(13(2)22)18(17)11-19(12-18)25(3,23)24/h4-9,16-17,21H,10-12H2,1-3H3/b5-4+/t16-,17+/m0/s1. The third kappa shape index (κ3) is 2.80. The zero-order valence-corrected chi connectivity index (χ0v) is 15.5. The molecule has 136 valence electrons. The maximum absolute atomic E-state index is 12.1. The molecular formula is C18H24N2O4S. The summed E-state index contributed by atoms with van der Waals surface area (Å²) in [6, 6.07) is 7.70. The van der Waals surface area contributed by atoms with Crippen LogP contribution in [0.15, 0.2) is 30.3 Å². The molecule has 2 atom stereocenters. The highest BCUT2D eigenvalue weighted by Gasteiger charge is 2.68. The van der Waals surface area contributed by atoms with E-state index in [-0.39, 0.29) is 37.6 Å². The molecule has 1 aromatic carbocycles. The minimum absolute atomic E-state index is 0.0703. The molecule has 0 bridgehead atoms. The molecule has 0 saturated carbocycles. The van der Waals surface area contributed by atoms with E-state index in [0.29, 0.717) is 0 Å². The summed E-state index contributed by atoms with van der Waals surface area (Å²) in [4.78, 5) is 13.8. The van der Waals surface area contributed by atoms with E-state index in [2.05, 4.69) is 0 Å².